The standard InChI is InChI=1S/C14H14ClN3O/c1-10-7-12(15)4-5-13(10)17-14(19)6-3-11-8-16-18(2)9-11/h3-9H,1-2H3,(H,17,19)/b6-3+. The lowest BCUT2D eigenvalue weighted by Crippen LogP contribution is -2.08. The molecule has 2 aromatic rings. The summed E-state index contributed by atoms with van der Waals surface area (Å²) >= 11 is 5.86. The molecule has 0 aliphatic heterocycles. The van der Waals surface area contributed by atoms with Gasteiger partial charge in [-0.15, -0.1) is 0 Å². The minimum absolute atomic E-state index is 0.186. The molecule has 0 aliphatic carbocycles. The van der Waals surface area contributed by atoms with Crippen molar-refractivity contribution in [3.8, 4) is 0 Å². The van der Waals surface area contributed by atoms with Crippen molar-refractivity contribution in [2.45, 2.75) is 6.92 Å². The second-order valence-corrected chi connectivity index (χ2v) is 4.67. The summed E-state index contributed by atoms with van der Waals surface area (Å²) < 4.78 is 1.68. The molecule has 1 aromatic heterocycles. The van der Waals surface area contributed by atoms with Gasteiger partial charge in [-0.05, 0) is 36.8 Å². The molecule has 98 valence electrons. The van der Waals surface area contributed by atoms with Gasteiger partial charge in [0.15, 0.2) is 0 Å². The van der Waals surface area contributed by atoms with Crippen LogP contribution in [-0.4, -0.2) is 15.7 Å². The van der Waals surface area contributed by atoms with E-state index in [4.69, 9.17) is 11.6 Å². The first-order valence-electron chi connectivity index (χ1n) is 5.78. The summed E-state index contributed by atoms with van der Waals surface area (Å²) in [7, 11) is 1.83. The first kappa shape index (κ1) is 13.4. The van der Waals surface area contributed by atoms with Gasteiger partial charge >= 0.3 is 0 Å². The summed E-state index contributed by atoms with van der Waals surface area (Å²) in [5.74, 6) is -0.186. The molecule has 0 aliphatic rings. The van der Waals surface area contributed by atoms with Crippen LogP contribution in [0.25, 0.3) is 6.08 Å². The molecule has 5 heteroatoms. The molecule has 0 fully saturated rings. The number of carbonyl (C=O) groups is 1. The predicted octanol–water partition coefficient (Wildman–Crippen LogP) is 3.03. The molecule has 0 bridgehead atoms. The minimum Gasteiger partial charge on any atom is -0.322 e. The highest BCUT2D eigenvalue weighted by Crippen LogP contribution is 2.19. The van der Waals surface area contributed by atoms with Crippen LogP contribution in [0, 0.1) is 6.92 Å². The van der Waals surface area contributed by atoms with E-state index in [-0.39, 0.29) is 5.91 Å². The van der Waals surface area contributed by atoms with E-state index in [1.807, 2.05) is 26.2 Å². The maximum absolute atomic E-state index is 11.8. The van der Waals surface area contributed by atoms with Crippen molar-refractivity contribution in [3.63, 3.8) is 0 Å². The van der Waals surface area contributed by atoms with E-state index in [1.54, 1.807) is 29.1 Å². The number of amides is 1. The zero-order valence-electron chi connectivity index (χ0n) is 10.7. The van der Waals surface area contributed by atoms with Crippen LogP contribution in [0.1, 0.15) is 11.1 Å². The smallest absolute Gasteiger partial charge is 0.248 e. The number of hydrogen-bond acceptors (Lipinski definition) is 2. The number of halogens is 1. The topological polar surface area (TPSA) is 46.9 Å². The van der Waals surface area contributed by atoms with Crippen LogP contribution >= 0.6 is 11.6 Å². The zero-order valence-corrected chi connectivity index (χ0v) is 11.5. The monoisotopic (exact) mass is 275 g/mol. The van der Waals surface area contributed by atoms with Crippen molar-refractivity contribution in [1.82, 2.24) is 9.78 Å². The summed E-state index contributed by atoms with van der Waals surface area (Å²) in [4.78, 5) is 11.8. The maximum Gasteiger partial charge on any atom is 0.248 e. The third-order valence-corrected chi connectivity index (χ3v) is 2.83. The Balaban J connectivity index is 2.03. The van der Waals surface area contributed by atoms with Crippen LogP contribution in [0.5, 0.6) is 0 Å². The van der Waals surface area contributed by atoms with E-state index in [0.717, 1.165) is 16.8 Å². The first-order valence-corrected chi connectivity index (χ1v) is 6.16. The van der Waals surface area contributed by atoms with Gasteiger partial charge in [0.05, 0.1) is 6.20 Å². The Morgan fingerprint density at radius 3 is 2.89 bits per heavy atom. The number of hydrogen-bond donors (Lipinski definition) is 1. The van der Waals surface area contributed by atoms with E-state index >= 15 is 0 Å². The predicted molar refractivity (Wildman–Crippen MR) is 77.1 cm³/mol. The third-order valence-electron chi connectivity index (χ3n) is 2.60. The molecule has 0 atom stereocenters. The van der Waals surface area contributed by atoms with Crippen molar-refractivity contribution < 1.29 is 4.79 Å². The van der Waals surface area contributed by atoms with Gasteiger partial charge in [-0.1, -0.05) is 11.6 Å². The quantitative estimate of drug-likeness (QED) is 0.875. The number of benzene rings is 1. The van der Waals surface area contributed by atoms with Crippen LogP contribution in [0.3, 0.4) is 0 Å². The van der Waals surface area contributed by atoms with Crippen LogP contribution in [0.2, 0.25) is 5.02 Å². The number of anilines is 1. The van der Waals surface area contributed by atoms with Gasteiger partial charge in [0.1, 0.15) is 0 Å². The Kier molecular flexibility index (Phi) is 4.02. The van der Waals surface area contributed by atoms with Crippen molar-refractivity contribution >= 4 is 29.3 Å². The number of nitrogens with one attached hydrogen (secondary N) is 1. The number of nitrogens with zero attached hydrogens (tertiary/aromatic N) is 2. The Hall–Kier alpha value is -2.07. The molecule has 0 spiro atoms. The van der Waals surface area contributed by atoms with Crippen LogP contribution < -0.4 is 5.32 Å². The van der Waals surface area contributed by atoms with Gasteiger partial charge in [0.25, 0.3) is 0 Å². The Morgan fingerprint density at radius 2 is 2.26 bits per heavy atom. The zero-order chi connectivity index (χ0) is 13.8. The third kappa shape index (κ3) is 3.69. The number of aryl methyl sites for hydroxylation is 2. The summed E-state index contributed by atoms with van der Waals surface area (Å²) in [5.41, 5.74) is 2.56. The summed E-state index contributed by atoms with van der Waals surface area (Å²) in [6, 6.07) is 5.34. The van der Waals surface area contributed by atoms with E-state index in [0.29, 0.717) is 5.02 Å². The van der Waals surface area contributed by atoms with Crippen LogP contribution in [0.4, 0.5) is 5.69 Å². The lowest BCUT2D eigenvalue weighted by Gasteiger charge is -2.06. The van der Waals surface area contributed by atoms with Crippen molar-refractivity contribution in [3.05, 3.63) is 52.8 Å². The molecular weight excluding hydrogens is 262 g/mol. The van der Waals surface area contributed by atoms with E-state index in [2.05, 4.69) is 10.4 Å². The molecule has 2 rings (SSSR count). The van der Waals surface area contributed by atoms with Gasteiger partial charge in [0, 0.05) is 35.6 Å². The number of rotatable bonds is 3. The molecule has 0 saturated heterocycles. The Labute approximate surface area is 116 Å². The molecule has 1 amide bonds. The van der Waals surface area contributed by atoms with Gasteiger partial charge in [-0.2, -0.15) is 5.10 Å². The molecule has 4 nitrogen and oxygen atoms in total. The fraction of sp³-hybridized carbons (Fsp3) is 0.143. The average Bonchev–Trinajstić information content (AvgIpc) is 2.76. The van der Waals surface area contributed by atoms with Gasteiger partial charge < -0.3 is 5.32 Å². The summed E-state index contributed by atoms with van der Waals surface area (Å²) in [5, 5.41) is 7.48. The van der Waals surface area contributed by atoms with Gasteiger partial charge in [0.2, 0.25) is 5.91 Å². The fourth-order valence-corrected chi connectivity index (χ4v) is 1.87. The number of carbonyl (C=O) groups excluding carboxylic acids is 1. The van der Waals surface area contributed by atoms with Crippen molar-refractivity contribution in [2.24, 2.45) is 7.05 Å². The molecule has 1 N–H and O–H groups in total. The summed E-state index contributed by atoms with van der Waals surface area (Å²) in [6.07, 6.45) is 6.72. The van der Waals surface area contributed by atoms with Gasteiger partial charge in [-0.25, -0.2) is 0 Å². The molecular formula is C14H14ClN3O. The fourth-order valence-electron chi connectivity index (χ4n) is 1.64. The van der Waals surface area contributed by atoms with E-state index in [1.165, 1.54) is 6.08 Å². The van der Waals surface area contributed by atoms with Crippen molar-refractivity contribution in [1.29, 1.82) is 0 Å². The summed E-state index contributed by atoms with van der Waals surface area (Å²) in [6.45, 7) is 1.90. The molecule has 1 aromatic carbocycles. The van der Waals surface area contributed by atoms with Crippen molar-refractivity contribution in [2.75, 3.05) is 5.32 Å². The van der Waals surface area contributed by atoms with E-state index < -0.39 is 0 Å². The SMILES string of the molecule is Cc1cc(Cl)ccc1NC(=O)/C=C/c1cnn(C)c1. The molecule has 1 heterocycles. The Bertz CT molecular complexity index is 631. The number of aromatic nitrogens is 2. The highest BCUT2D eigenvalue weighted by Gasteiger charge is 2.02. The first-order chi connectivity index (χ1) is 9.04. The lowest BCUT2D eigenvalue weighted by molar-refractivity contribution is -0.111. The molecule has 0 saturated carbocycles. The van der Waals surface area contributed by atoms with E-state index in [9.17, 15) is 4.79 Å². The highest BCUT2D eigenvalue weighted by atomic mass is 35.5. The highest BCUT2D eigenvalue weighted by molar-refractivity contribution is 6.30. The normalized spacial score (nSPS) is 10.9. The molecule has 0 unspecified atom stereocenters. The molecule has 0 radical (unpaired) electrons. The van der Waals surface area contributed by atoms with Crippen LogP contribution in [0.15, 0.2) is 36.7 Å². The average molecular weight is 276 g/mol. The Morgan fingerprint density at radius 1 is 1.47 bits per heavy atom. The minimum atomic E-state index is -0.186. The molecule has 19 heavy (non-hydrogen) atoms. The second kappa shape index (κ2) is 5.71. The van der Waals surface area contributed by atoms with Gasteiger partial charge in [-0.3, -0.25) is 9.48 Å². The van der Waals surface area contributed by atoms with Crippen LogP contribution in [-0.2, 0) is 11.8 Å². The second-order valence-electron chi connectivity index (χ2n) is 4.23. The maximum atomic E-state index is 11.8. The largest absolute Gasteiger partial charge is 0.322 e. The lowest BCUT2D eigenvalue weighted by atomic mass is 10.2.